The lowest BCUT2D eigenvalue weighted by Gasteiger charge is -2.36. The Morgan fingerprint density at radius 1 is 1.14 bits per heavy atom. The van der Waals surface area contributed by atoms with E-state index in [2.05, 4.69) is 44.5 Å². The fourth-order valence-corrected chi connectivity index (χ4v) is 4.37. The van der Waals surface area contributed by atoms with E-state index < -0.39 is 0 Å². The largest absolute Gasteiger partial charge is 0.470 e. The van der Waals surface area contributed by atoms with E-state index >= 15 is 0 Å². The molecule has 1 aromatic heterocycles. The summed E-state index contributed by atoms with van der Waals surface area (Å²) in [5.74, 6) is 0.701. The number of imidazole rings is 1. The van der Waals surface area contributed by atoms with Gasteiger partial charge >= 0.3 is 6.03 Å². The third-order valence-electron chi connectivity index (χ3n) is 6.29. The van der Waals surface area contributed by atoms with E-state index in [9.17, 15) is 4.79 Å². The Bertz CT molecular complexity index is 1070. The summed E-state index contributed by atoms with van der Waals surface area (Å²) >= 11 is 6.03. The molecule has 1 unspecified atom stereocenters. The van der Waals surface area contributed by atoms with Gasteiger partial charge in [0.15, 0.2) is 6.23 Å². The minimum Gasteiger partial charge on any atom is -0.470 e. The number of hydrogen-bond donors (Lipinski definition) is 2. The smallest absolute Gasteiger partial charge is 0.319 e. The van der Waals surface area contributed by atoms with E-state index in [4.69, 9.17) is 16.3 Å². The number of nitrogens with zero attached hydrogens (tertiary/aromatic N) is 4. The number of carbonyl (C=O) groups excluding carboxylic acids is 1. The molecule has 0 bridgehead atoms. The van der Waals surface area contributed by atoms with Gasteiger partial charge in [-0.3, -0.25) is 4.90 Å². The molecule has 0 radical (unpaired) electrons. The van der Waals surface area contributed by atoms with E-state index in [-0.39, 0.29) is 12.3 Å². The molecule has 2 amide bonds. The van der Waals surface area contributed by atoms with Gasteiger partial charge in [-0.1, -0.05) is 31.0 Å². The van der Waals surface area contributed by atoms with Crippen LogP contribution in [-0.2, 0) is 0 Å². The Balaban J connectivity index is 1.31. The summed E-state index contributed by atoms with van der Waals surface area (Å²) in [7, 11) is 0. The van der Waals surface area contributed by atoms with Crippen LogP contribution < -0.4 is 20.3 Å². The van der Waals surface area contributed by atoms with Gasteiger partial charge in [0.2, 0.25) is 0 Å². The number of amides is 2. The second kappa shape index (κ2) is 13.2. The van der Waals surface area contributed by atoms with Gasteiger partial charge in [0, 0.05) is 80.5 Å². The first-order valence-corrected chi connectivity index (χ1v) is 13.0. The molecule has 3 aromatic rings. The van der Waals surface area contributed by atoms with Gasteiger partial charge in [-0.2, -0.15) is 0 Å². The number of aromatic nitrogens is 2. The summed E-state index contributed by atoms with van der Waals surface area (Å²) < 4.78 is 8.36. The zero-order valence-electron chi connectivity index (χ0n) is 20.8. The van der Waals surface area contributed by atoms with E-state index in [0.29, 0.717) is 18.0 Å². The zero-order valence-corrected chi connectivity index (χ0v) is 21.5. The fourth-order valence-electron chi connectivity index (χ4n) is 4.24. The van der Waals surface area contributed by atoms with Crippen LogP contribution in [-0.4, -0.2) is 59.8 Å². The molecule has 1 aliphatic rings. The molecular weight excluding hydrogens is 476 g/mol. The lowest BCUT2D eigenvalue weighted by atomic mass is 10.2. The second-order valence-corrected chi connectivity index (χ2v) is 9.37. The number of rotatable bonds is 11. The Morgan fingerprint density at radius 3 is 2.67 bits per heavy atom. The van der Waals surface area contributed by atoms with Crippen LogP contribution >= 0.6 is 11.6 Å². The number of carbonyl (C=O) groups is 1. The van der Waals surface area contributed by atoms with Crippen LogP contribution in [0.5, 0.6) is 5.75 Å². The number of hydrogen-bond acceptors (Lipinski definition) is 5. The number of anilines is 2. The molecule has 2 heterocycles. The molecule has 1 saturated heterocycles. The summed E-state index contributed by atoms with van der Waals surface area (Å²) in [5, 5.41) is 6.52. The first-order valence-electron chi connectivity index (χ1n) is 12.6. The van der Waals surface area contributed by atoms with Gasteiger partial charge < -0.3 is 24.8 Å². The molecule has 1 aliphatic heterocycles. The normalized spacial score (nSPS) is 14.9. The van der Waals surface area contributed by atoms with Crippen molar-refractivity contribution < 1.29 is 9.53 Å². The average Bonchev–Trinajstić information content (AvgIpc) is 3.43. The van der Waals surface area contributed by atoms with Crippen molar-refractivity contribution in [2.75, 3.05) is 49.5 Å². The van der Waals surface area contributed by atoms with Gasteiger partial charge in [0.25, 0.3) is 0 Å². The predicted octanol–water partition coefficient (Wildman–Crippen LogP) is 5.25. The van der Waals surface area contributed by atoms with Crippen molar-refractivity contribution in [2.24, 2.45) is 0 Å². The highest BCUT2D eigenvalue weighted by atomic mass is 35.5. The zero-order chi connectivity index (χ0) is 25.2. The van der Waals surface area contributed by atoms with Gasteiger partial charge in [0.1, 0.15) is 5.75 Å². The number of benzene rings is 2. The molecule has 2 N–H and O–H groups in total. The molecule has 1 atom stereocenters. The molecule has 192 valence electrons. The standard InChI is InChI=1S/C27H35ClN6O2/c1-2-3-12-30-27(35)31-23-5-4-6-25(20-23)36-26(34-15-13-29-21-34)11-14-32-16-18-33(19-17-32)24-9-7-22(28)8-10-24/h4-10,13,15,20-21,26H,2-3,11-12,14,16-19H2,1H3,(H2,30,31,35). The van der Waals surface area contributed by atoms with Crippen LogP contribution in [0.1, 0.15) is 32.4 Å². The summed E-state index contributed by atoms with van der Waals surface area (Å²) in [6.45, 7) is 7.61. The van der Waals surface area contributed by atoms with Gasteiger partial charge in [-0.15, -0.1) is 0 Å². The van der Waals surface area contributed by atoms with Crippen molar-refractivity contribution in [3.05, 3.63) is 72.3 Å². The molecule has 0 spiro atoms. The number of ether oxygens (including phenoxy) is 1. The van der Waals surface area contributed by atoms with Crippen LogP contribution in [0.25, 0.3) is 0 Å². The first kappa shape index (κ1) is 25.9. The number of halogens is 1. The second-order valence-electron chi connectivity index (χ2n) is 8.94. The van der Waals surface area contributed by atoms with Crippen molar-refractivity contribution in [1.82, 2.24) is 19.8 Å². The number of urea groups is 1. The van der Waals surface area contributed by atoms with Gasteiger partial charge in [-0.25, -0.2) is 9.78 Å². The van der Waals surface area contributed by atoms with E-state index in [1.807, 2.05) is 47.2 Å². The molecular formula is C27H35ClN6O2. The molecule has 0 saturated carbocycles. The maximum Gasteiger partial charge on any atom is 0.319 e. The lowest BCUT2D eigenvalue weighted by Crippen LogP contribution is -2.47. The number of unbranched alkanes of at least 4 members (excludes halogenated alkanes) is 1. The number of nitrogens with one attached hydrogen (secondary N) is 2. The quantitative estimate of drug-likeness (QED) is 0.345. The highest BCUT2D eigenvalue weighted by Gasteiger charge is 2.20. The summed E-state index contributed by atoms with van der Waals surface area (Å²) in [5.41, 5.74) is 1.91. The Kier molecular flexibility index (Phi) is 9.47. The maximum absolute atomic E-state index is 12.1. The van der Waals surface area contributed by atoms with Crippen LogP contribution in [0.4, 0.5) is 16.2 Å². The summed E-state index contributed by atoms with van der Waals surface area (Å²) in [4.78, 5) is 21.2. The highest BCUT2D eigenvalue weighted by Crippen LogP contribution is 2.24. The van der Waals surface area contributed by atoms with Crippen LogP contribution in [0.15, 0.2) is 67.3 Å². The van der Waals surface area contributed by atoms with Crippen molar-refractivity contribution in [3.63, 3.8) is 0 Å². The maximum atomic E-state index is 12.1. The Hall–Kier alpha value is -3.23. The van der Waals surface area contributed by atoms with E-state index in [0.717, 1.165) is 57.0 Å². The third-order valence-corrected chi connectivity index (χ3v) is 6.55. The summed E-state index contributed by atoms with van der Waals surface area (Å²) in [6, 6.07) is 15.4. The molecule has 4 rings (SSSR count). The van der Waals surface area contributed by atoms with Crippen molar-refractivity contribution in [1.29, 1.82) is 0 Å². The van der Waals surface area contributed by atoms with Crippen LogP contribution in [0.2, 0.25) is 5.02 Å². The Labute approximate surface area is 218 Å². The molecule has 9 heteroatoms. The summed E-state index contributed by atoms with van der Waals surface area (Å²) in [6.07, 6.45) is 8.08. The molecule has 2 aromatic carbocycles. The average molecular weight is 511 g/mol. The van der Waals surface area contributed by atoms with Gasteiger partial charge in [-0.05, 0) is 42.8 Å². The lowest BCUT2D eigenvalue weighted by molar-refractivity contribution is 0.102. The SMILES string of the molecule is CCCCNC(=O)Nc1cccc(OC(CCN2CCN(c3ccc(Cl)cc3)CC2)n2ccnc2)c1. The third kappa shape index (κ3) is 7.63. The fraction of sp³-hybridized carbons (Fsp3) is 0.407. The van der Waals surface area contributed by atoms with E-state index in [1.165, 1.54) is 5.69 Å². The first-order chi connectivity index (χ1) is 17.6. The Morgan fingerprint density at radius 2 is 1.94 bits per heavy atom. The predicted molar refractivity (Wildman–Crippen MR) is 145 cm³/mol. The minimum absolute atomic E-state index is 0.199. The van der Waals surface area contributed by atoms with E-state index in [1.54, 1.807) is 12.5 Å². The van der Waals surface area contributed by atoms with Crippen molar-refractivity contribution in [3.8, 4) is 5.75 Å². The molecule has 36 heavy (non-hydrogen) atoms. The topological polar surface area (TPSA) is 74.7 Å². The molecule has 1 fully saturated rings. The number of piperazine rings is 1. The van der Waals surface area contributed by atoms with Crippen molar-refractivity contribution in [2.45, 2.75) is 32.4 Å². The van der Waals surface area contributed by atoms with Gasteiger partial charge in [0.05, 0.1) is 6.33 Å². The molecule has 8 nitrogen and oxygen atoms in total. The van der Waals surface area contributed by atoms with Crippen LogP contribution in [0.3, 0.4) is 0 Å². The van der Waals surface area contributed by atoms with Crippen molar-refractivity contribution >= 4 is 29.0 Å². The molecule has 0 aliphatic carbocycles. The minimum atomic E-state index is -0.204. The van der Waals surface area contributed by atoms with Crippen LogP contribution in [0, 0.1) is 0 Å². The highest BCUT2D eigenvalue weighted by molar-refractivity contribution is 6.30. The monoisotopic (exact) mass is 510 g/mol.